The van der Waals surface area contributed by atoms with Crippen LogP contribution >= 0.6 is 0 Å². The number of rotatable bonds is 7. The molecule has 0 radical (unpaired) electrons. The minimum Gasteiger partial charge on any atom is -0.381 e. The van der Waals surface area contributed by atoms with Crippen molar-refractivity contribution in [1.29, 1.82) is 0 Å². The van der Waals surface area contributed by atoms with Gasteiger partial charge in [-0.1, -0.05) is 43.3 Å². The molecule has 0 N–H and O–H groups in total. The van der Waals surface area contributed by atoms with Crippen molar-refractivity contribution in [2.24, 2.45) is 0 Å². The van der Waals surface area contributed by atoms with E-state index in [0.717, 1.165) is 58.1 Å². The molecule has 1 aromatic carbocycles. The average Bonchev–Trinajstić information content (AvgIpc) is 2.88. The summed E-state index contributed by atoms with van der Waals surface area (Å²) in [5.41, 5.74) is 1.31. The molecular formula is C26H36N4O2. The first-order valence-electron chi connectivity index (χ1n) is 12.0. The fraction of sp³-hybridized carbons (Fsp3) is 0.538. The molecule has 172 valence electrons. The largest absolute Gasteiger partial charge is 0.381 e. The zero-order chi connectivity index (χ0) is 22.4. The van der Waals surface area contributed by atoms with Crippen LogP contribution in [0.3, 0.4) is 0 Å². The Morgan fingerprint density at radius 1 is 1.06 bits per heavy atom. The number of hydrogen-bond donors (Lipinski definition) is 0. The second-order valence-corrected chi connectivity index (χ2v) is 8.97. The third-order valence-corrected chi connectivity index (χ3v) is 7.22. The second-order valence-electron chi connectivity index (χ2n) is 8.97. The van der Waals surface area contributed by atoms with Crippen molar-refractivity contribution >= 4 is 11.7 Å². The molecule has 0 aliphatic carbocycles. The van der Waals surface area contributed by atoms with Gasteiger partial charge in [0.1, 0.15) is 5.82 Å². The van der Waals surface area contributed by atoms with Crippen LogP contribution in [0.4, 0.5) is 5.82 Å². The third-order valence-electron chi connectivity index (χ3n) is 7.22. The van der Waals surface area contributed by atoms with Gasteiger partial charge in [-0.15, -0.1) is 0 Å². The number of amides is 1. The van der Waals surface area contributed by atoms with Crippen LogP contribution in [0.2, 0.25) is 0 Å². The Hall–Kier alpha value is -2.28. The summed E-state index contributed by atoms with van der Waals surface area (Å²) in [6.07, 6.45) is 4.14. The van der Waals surface area contributed by atoms with Gasteiger partial charge < -0.3 is 4.74 Å². The van der Waals surface area contributed by atoms with E-state index in [9.17, 15) is 4.79 Å². The Bertz CT molecular complexity index is 847. The highest BCUT2D eigenvalue weighted by Crippen LogP contribution is 2.33. The van der Waals surface area contributed by atoms with Gasteiger partial charge >= 0.3 is 0 Å². The van der Waals surface area contributed by atoms with Crippen LogP contribution in [0.5, 0.6) is 0 Å². The summed E-state index contributed by atoms with van der Waals surface area (Å²) in [7, 11) is 0. The molecule has 2 aliphatic heterocycles. The molecule has 1 aromatic heterocycles. The maximum atomic E-state index is 12.9. The maximum absolute atomic E-state index is 12.9. The molecule has 0 saturated carbocycles. The Labute approximate surface area is 192 Å². The van der Waals surface area contributed by atoms with Gasteiger partial charge in [0.15, 0.2) is 0 Å². The van der Waals surface area contributed by atoms with Gasteiger partial charge in [-0.2, -0.15) is 0 Å². The van der Waals surface area contributed by atoms with Gasteiger partial charge in [0.2, 0.25) is 5.91 Å². The van der Waals surface area contributed by atoms with Crippen LogP contribution in [-0.2, 0) is 9.53 Å². The van der Waals surface area contributed by atoms with E-state index in [0.29, 0.717) is 19.0 Å². The number of pyridine rings is 1. The molecule has 4 rings (SSSR count). The Balaban J connectivity index is 1.50. The molecule has 32 heavy (non-hydrogen) atoms. The van der Waals surface area contributed by atoms with Gasteiger partial charge in [0, 0.05) is 70.1 Å². The highest BCUT2D eigenvalue weighted by molar-refractivity contribution is 5.92. The number of carbonyl (C=O) groups excluding carboxylic acids is 1. The molecule has 2 saturated heterocycles. The van der Waals surface area contributed by atoms with Gasteiger partial charge in [-0.05, 0) is 37.5 Å². The van der Waals surface area contributed by atoms with Gasteiger partial charge in [0.25, 0.3) is 0 Å². The van der Waals surface area contributed by atoms with E-state index in [1.54, 1.807) is 6.20 Å². The molecule has 1 atom stereocenters. The highest BCUT2D eigenvalue weighted by atomic mass is 16.5. The topological polar surface area (TPSA) is 48.9 Å². The van der Waals surface area contributed by atoms with Crippen LogP contribution < -0.4 is 4.90 Å². The minimum atomic E-state index is -0.0668. The third kappa shape index (κ3) is 5.03. The summed E-state index contributed by atoms with van der Waals surface area (Å²) in [6, 6.07) is 17.0. The normalized spacial score (nSPS) is 20.6. The Morgan fingerprint density at radius 3 is 2.38 bits per heavy atom. The quantitative estimate of drug-likeness (QED) is 0.662. The lowest BCUT2D eigenvalue weighted by Gasteiger charge is -2.51. The van der Waals surface area contributed by atoms with E-state index in [2.05, 4.69) is 52.0 Å². The maximum Gasteiger partial charge on any atom is 0.227 e. The van der Waals surface area contributed by atoms with Crippen molar-refractivity contribution in [1.82, 2.24) is 14.8 Å². The van der Waals surface area contributed by atoms with Gasteiger partial charge in [-0.25, -0.2) is 4.98 Å². The zero-order valence-corrected chi connectivity index (χ0v) is 19.4. The summed E-state index contributed by atoms with van der Waals surface area (Å²) in [5.74, 6) is 0.882. The van der Waals surface area contributed by atoms with Crippen LogP contribution in [0.15, 0.2) is 54.7 Å². The first kappa shape index (κ1) is 22.9. The molecule has 1 unspecified atom stereocenters. The summed E-state index contributed by atoms with van der Waals surface area (Å²) < 4.78 is 5.75. The summed E-state index contributed by atoms with van der Waals surface area (Å²) in [5, 5.41) is 0. The first-order chi connectivity index (χ1) is 15.6. The molecule has 6 nitrogen and oxygen atoms in total. The van der Waals surface area contributed by atoms with Crippen LogP contribution in [0, 0.1) is 0 Å². The van der Waals surface area contributed by atoms with Gasteiger partial charge in [0.05, 0.1) is 0 Å². The molecule has 0 bridgehead atoms. The van der Waals surface area contributed by atoms with E-state index in [4.69, 9.17) is 4.74 Å². The van der Waals surface area contributed by atoms with E-state index >= 15 is 0 Å². The predicted molar refractivity (Wildman–Crippen MR) is 128 cm³/mol. The number of piperazine rings is 1. The number of carbonyl (C=O) groups is 1. The number of ether oxygens (including phenoxy) is 1. The van der Waals surface area contributed by atoms with Crippen LogP contribution in [-0.4, -0.2) is 72.2 Å². The molecule has 0 spiro atoms. The molecular weight excluding hydrogens is 400 g/mol. The monoisotopic (exact) mass is 436 g/mol. The SMILES string of the molecule is CCC(=O)N(CC1(N2CCN(C(C)c3ccccc3)CC2)CCOCC1)c1ccccn1. The van der Waals surface area contributed by atoms with Crippen molar-refractivity contribution in [3.05, 3.63) is 60.3 Å². The molecule has 2 aromatic rings. The van der Waals surface area contributed by atoms with Crippen molar-refractivity contribution in [3.63, 3.8) is 0 Å². The molecule has 1 amide bonds. The first-order valence-corrected chi connectivity index (χ1v) is 12.0. The lowest BCUT2D eigenvalue weighted by atomic mass is 9.86. The van der Waals surface area contributed by atoms with E-state index in [1.165, 1.54) is 5.56 Å². The van der Waals surface area contributed by atoms with Gasteiger partial charge in [-0.3, -0.25) is 19.5 Å². The minimum absolute atomic E-state index is 0.0668. The number of hydrogen-bond acceptors (Lipinski definition) is 5. The van der Waals surface area contributed by atoms with Crippen molar-refractivity contribution < 1.29 is 9.53 Å². The predicted octanol–water partition coefficient (Wildman–Crippen LogP) is 3.75. The van der Waals surface area contributed by atoms with Crippen molar-refractivity contribution in [2.45, 2.75) is 44.7 Å². The summed E-state index contributed by atoms with van der Waals surface area (Å²) in [6.45, 7) is 10.5. The summed E-state index contributed by atoms with van der Waals surface area (Å²) >= 11 is 0. The lowest BCUT2D eigenvalue weighted by molar-refractivity contribution is -0.119. The highest BCUT2D eigenvalue weighted by Gasteiger charge is 2.42. The molecule has 6 heteroatoms. The summed E-state index contributed by atoms with van der Waals surface area (Å²) in [4.78, 5) is 24.6. The van der Waals surface area contributed by atoms with Crippen molar-refractivity contribution in [2.75, 3.05) is 50.8 Å². The fourth-order valence-corrected chi connectivity index (χ4v) is 5.15. The standard InChI is InChI=1S/C26H36N4O2/c1-3-25(31)30(24-11-7-8-14-27-24)21-26(12-19-32-20-13-26)29-17-15-28(16-18-29)22(2)23-9-5-4-6-10-23/h4-11,14,22H,3,12-13,15-21H2,1-2H3. The Morgan fingerprint density at radius 2 is 1.75 bits per heavy atom. The Kier molecular flexibility index (Phi) is 7.55. The van der Waals surface area contributed by atoms with Crippen molar-refractivity contribution in [3.8, 4) is 0 Å². The molecule has 2 fully saturated rings. The number of nitrogens with zero attached hydrogens (tertiary/aromatic N) is 4. The van der Waals surface area contributed by atoms with Crippen LogP contribution in [0.25, 0.3) is 0 Å². The average molecular weight is 437 g/mol. The number of benzene rings is 1. The molecule has 3 heterocycles. The lowest BCUT2D eigenvalue weighted by Crippen LogP contribution is -2.63. The van der Waals surface area contributed by atoms with E-state index in [-0.39, 0.29) is 11.4 Å². The number of anilines is 1. The number of aromatic nitrogens is 1. The molecule has 2 aliphatic rings. The van der Waals surface area contributed by atoms with E-state index in [1.807, 2.05) is 30.0 Å². The fourth-order valence-electron chi connectivity index (χ4n) is 5.15. The van der Waals surface area contributed by atoms with Crippen LogP contribution in [0.1, 0.15) is 44.7 Å². The zero-order valence-electron chi connectivity index (χ0n) is 19.4. The second kappa shape index (κ2) is 10.6. The smallest absolute Gasteiger partial charge is 0.227 e. The van der Waals surface area contributed by atoms with E-state index < -0.39 is 0 Å².